The Bertz CT molecular complexity index is 499. The van der Waals surface area contributed by atoms with Gasteiger partial charge in [-0.15, -0.1) is 0 Å². The first-order chi connectivity index (χ1) is 10.1. The number of aliphatic carboxylic acids is 1. The van der Waals surface area contributed by atoms with E-state index in [4.69, 9.17) is 9.84 Å². The van der Waals surface area contributed by atoms with Crippen molar-refractivity contribution in [1.82, 2.24) is 4.90 Å². The molecule has 0 atom stereocenters. The minimum absolute atomic E-state index is 0.0895. The monoisotopic (exact) mass is 295 g/mol. The van der Waals surface area contributed by atoms with Gasteiger partial charge in [0, 0.05) is 12.5 Å². The largest absolute Gasteiger partial charge is 0.494 e. The first-order valence-corrected chi connectivity index (χ1v) is 6.96. The lowest BCUT2D eigenvalue weighted by atomic mass is 10.2. The van der Waals surface area contributed by atoms with Crippen LogP contribution in [0.5, 0.6) is 5.75 Å². The van der Waals surface area contributed by atoms with Crippen LogP contribution < -0.4 is 4.74 Å². The summed E-state index contributed by atoms with van der Waals surface area (Å²) in [6.45, 7) is 0.102. The van der Waals surface area contributed by atoms with Crippen molar-refractivity contribution < 1.29 is 23.8 Å². The third kappa shape index (κ3) is 5.06. The summed E-state index contributed by atoms with van der Waals surface area (Å²) in [7, 11) is 0. The molecule has 1 aromatic rings. The molecule has 1 aliphatic rings. The van der Waals surface area contributed by atoms with Gasteiger partial charge in [-0.25, -0.2) is 4.39 Å². The fourth-order valence-electron chi connectivity index (χ4n) is 2.04. The molecule has 0 bridgehead atoms. The van der Waals surface area contributed by atoms with E-state index in [0.29, 0.717) is 18.8 Å². The van der Waals surface area contributed by atoms with Crippen molar-refractivity contribution in [2.45, 2.75) is 31.7 Å². The van der Waals surface area contributed by atoms with Gasteiger partial charge in [-0.1, -0.05) is 0 Å². The number of ether oxygens (including phenoxy) is 1. The number of hydrogen-bond donors (Lipinski definition) is 1. The third-order valence-electron chi connectivity index (χ3n) is 3.23. The average Bonchev–Trinajstić information content (AvgIpc) is 3.27. The Kier molecular flexibility index (Phi) is 5.14. The third-order valence-corrected chi connectivity index (χ3v) is 3.23. The predicted molar refractivity (Wildman–Crippen MR) is 73.5 cm³/mol. The zero-order valence-electron chi connectivity index (χ0n) is 11.6. The number of carbonyl (C=O) groups is 2. The number of hydrogen-bond acceptors (Lipinski definition) is 3. The van der Waals surface area contributed by atoms with E-state index in [0.717, 1.165) is 12.8 Å². The molecule has 1 amide bonds. The molecule has 2 rings (SSSR count). The number of nitrogens with zero attached hydrogens (tertiary/aromatic N) is 1. The quantitative estimate of drug-likeness (QED) is 0.745. The van der Waals surface area contributed by atoms with Gasteiger partial charge < -0.3 is 14.7 Å². The minimum atomic E-state index is -0.988. The van der Waals surface area contributed by atoms with Gasteiger partial charge in [-0.05, 0) is 43.5 Å². The molecule has 1 saturated carbocycles. The Labute approximate surface area is 122 Å². The second kappa shape index (κ2) is 7.06. The number of carboxylic acid groups (broad SMARTS) is 1. The average molecular weight is 295 g/mol. The van der Waals surface area contributed by atoms with Gasteiger partial charge in [-0.2, -0.15) is 0 Å². The van der Waals surface area contributed by atoms with E-state index in [-0.39, 0.29) is 30.7 Å². The maximum Gasteiger partial charge on any atom is 0.323 e. The molecule has 0 aliphatic heterocycles. The van der Waals surface area contributed by atoms with E-state index in [1.54, 1.807) is 0 Å². The Morgan fingerprint density at radius 2 is 1.95 bits per heavy atom. The summed E-state index contributed by atoms with van der Waals surface area (Å²) < 4.78 is 18.1. The van der Waals surface area contributed by atoms with Gasteiger partial charge in [0.2, 0.25) is 5.91 Å². The Balaban J connectivity index is 1.70. The maximum atomic E-state index is 12.7. The fourth-order valence-corrected chi connectivity index (χ4v) is 2.04. The lowest BCUT2D eigenvalue weighted by Gasteiger charge is -2.20. The molecule has 0 saturated heterocycles. The van der Waals surface area contributed by atoms with Gasteiger partial charge in [0.25, 0.3) is 0 Å². The summed E-state index contributed by atoms with van der Waals surface area (Å²) in [6, 6.07) is 5.76. The highest BCUT2D eigenvalue weighted by molar-refractivity contribution is 5.81. The van der Waals surface area contributed by atoms with Crippen molar-refractivity contribution >= 4 is 11.9 Å². The molecule has 0 unspecified atom stereocenters. The molecule has 6 heteroatoms. The van der Waals surface area contributed by atoms with Crippen LogP contribution in [0.2, 0.25) is 0 Å². The number of carbonyl (C=O) groups excluding carboxylic acids is 1. The first kappa shape index (κ1) is 15.3. The van der Waals surface area contributed by atoms with Gasteiger partial charge in [0.15, 0.2) is 0 Å². The molecule has 0 aromatic heterocycles. The Morgan fingerprint density at radius 3 is 2.52 bits per heavy atom. The molecule has 1 aliphatic carbocycles. The highest BCUT2D eigenvalue weighted by Gasteiger charge is 2.33. The topological polar surface area (TPSA) is 66.8 Å². The number of carboxylic acids is 1. The van der Waals surface area contributed by atoms with Crippen molar-refractivity contribution in [2.24, 2.45) is 0 Å². The lowest BCUT2D eigenvalue weighted by Crippen LogP contribution is -2.37. The lowest BCUT2D eigenvalue weighted by molar-refractivity contribution is -0.145. The molecule has 114 valence electrons. The van der Waals surface area contributed by atoms with Crippen molar-refractivity contribution in [2.75, 3.05) is 13.2 Å². The zero-order valence-corrected chi connectivity index (χ0v) is 11.6. The highest BCUT2D eigenvalue weighted by Crippen LogP contribution is 2.27. The normalized spacial score (nSPS) is 13.8. The van der Waals surface area contributed by atoms with Crippen LogP contribution in [0, 0.1) is 5.82 Å². The van der Waals surface area contributed by atoms with Crippen LogP contribution in [-0.4, -0.2) is 41.1 Å². The van der Waals surface area contributed by atoms with Crippen LogP contribution in [0.1, 0.15) is 25.7 Å². The van der Waals surface area contributed by atoms with Gasteiger partial charge in [0.05, 0.1) is 6.61 Å². The molecule has 0 spiro atoms. The van der Waals surface area contributed by atoms with E-state index >= 15 is 0 Å². The molecular formula is C15H18FNO4. The fraction of sp³-hybridized carbons (Fsp3) is 0.467. The molecule has 0 heterocycles. The van der Waals surface area contributed by atoms with Gasteiger partial charge in [0.1, 0.15) is 18.1 Å². The summed E-state index contributed by atoms with van der Waals surface area (Å²) >= 11 is 0. The van der Waals surface area contributed by atoms with E-state index in [1.807, 2.05) is 0 Å². The molecule has 21 heavy (non-hydrogen) atoms. The number of amides is 1. The Hall–Kier alpha value is -2.11. The van der Waals surface area contributed by atoms with Crippen LogP contribution in [-0.2, 0) is 9.59 Å². The molecule has 0 radical (unpaired) electrons. The number of halogens is 1. The second-order valence-corrected chi connectivity index (χ2v) is 5.05. The summed E-state index contributed by atoms with van der Waals surface area (Å²) in [5.74, 6) is -0.917. The van der Waals surface area contributed by atoms with Crippen LogP contribution in [0.15, 0.2) is 24.3 Å². The number of rotatable bonds is 8. The summed E-state index contributed by atoms with van der Waals surface area (Å²) in [4.78, 5) is 24.1. The van der Waals surface area contributed by atoms with Crippen LogP contribution in [0.3, 0.4) is 0 Å². The SMILES string of the molecule is O=C(O)CN(C(=O)CCCOc1ccc(F)cc1)C1CC1. The minimum Gasteiger partial charge on any atom is -0.494 e. The maximum absolute atomic E-state index is 12.7. The molecule has 1 aromatic carbocycles. The smallest absolute Gasteiger partial charge is 0.323 e. The van der Waals surface area contributed by atoms with Crippen molar-refractivity contribution in [3.05, 3.63) is 30.1 Å². The highest BCUT2D eigenvalue weighted by atomic mass is 19.1. The van der Waals surface area contributed by atoms with Crippen LogP contribution >= 0.6 is 0 Å². The number of benzene rings is 1. The second-order valence-electron chi connectivity index (χ2n) is 5.05. The van der Waals surface area contributed by atoms with Crippen LogP contribution in [0.4, 0.5) is 4.39 Å². The summed E-state index contributed by atoms with van der Waals surface area (Å²) in [6.07, 6.45) is 2.51. The molecule has 1 fully saturated rings. The molecular weight excluding hydrogens is 277 g/mol. The van der Waals surface area contributed by atoms with Gasteiger partial charge in [-0.3, -0.25) is 9.59 Å². The molecule has 5 nitrogen and oxygen atoms in total. The van der Waals surface area contributed by atoms with E-state index in [2.05, 4.69) is 0 Å². The molecule has 1 N–H and O–H groups in total. The zero-order chi connectivity index (χ0) is 15.2. The van der Waals surface area contributed by atoms with Crippen molar-refractivity contribution in [3.63, 3.8) is 0 Å². The standard InChI is InChI=1S/C15H18FNO4/c16-11-3-7-13(8-4-11)21-9-1-2-14(18)17(10-15(19)20)12-5-6-12/h3-4,7-8,12H,1-2,5-6,9-10H2,(H,19,20). The summed E-state index contributed by atoms with van der Waals surface area (Å²) in [5.41, 5.74) is 0. The van der Waals surface area contributed by atoms with Crippen molar-refractivity contribution in [1.29, 1.82) is 0 Å². The summed E-state index contributed by atoms with van der Waals surface area (Å²) in [5, 5.41) is 8.80. The van der Waals surface area contributed by atoms with E-state index in [1.165, 1.54) is 29.2 Å². The van der Waals surface area contributed by atoms with E-state index in [9.17, 15) is 14.0 Å². The predicted octanol–water partition coefficient (Wildman–Crippen LogP) is 2.06. The Morgan fingerprint density at radius 1 is 1.29 bits per heavy atom. The van der Waals surface area contributed by atoms with Gasteiger partial charge >= 0.3 is 5.97 Å². The van der Waals surface area contributed by atoms with Crippen molar-refractivity contribution in [3.8, 4) is 5.75 Å². The van der Waals surface area contributed by atoms with E-state index < -0.39 is 5.97 Å². The first-order valence-electron chi connectivity index (χ1n) is 6.96. The van der Waals surface area contributed by atoms with Crippen LogP contribution in [0.25, 0.3) is 0 Å².